The highest BCUT2D eigenvalue weighted by molar-refractivity contribution is 5.93. The number of ether oxygens (including phenoxy) is 2. The molecular formula is C14H20N2O5. The minimum absolute atomic E-state index is 0.0260. The van der Waals surface area contributed by atoms with Gasteiger partial charge in [0, 0.05) is 11.8 Å². The van der Waals surface area contributed by atoms with Crippen molar-refractivity contribution in [3.63, 3.8) is 0 Å². The second-order valence-electron chi connectivity index (χ2n) is 4.55. The second-order valence-corrected chi connectivity index (χ2v) is 4.55. The third kappa shape index (κ3) is 4.64. The molecular weight excluding hydrogens is 276 g/mol. The molecule has 0 saturated carbocycles. The van der Waals surface area contributed by atoms with Gasteiger partial charge in [-0.1, -0.05) is 0 Å². The number of rotatable bonds is 7. The molecule has 0 bridgehead atoms. The van der Waals surface area contributed by atoms with Gasteiger partial charge in [0.25, 0.3) is 0 Å². The van der Waals surface area contributed by atoms with Gasteiger partial charge in [-0.25, -0.2) is 0 Å². The van der Waals surface area contributed by atoms with E-state index < -0.39 is 12.0 Å². The standard InChI is InChI=1S/C14H20N2O5/c1-9(14(18)19)16(2)8-13(17)15-10-5-6-11(20-3)12(7-10)21-4/h5-7,9H,8H2,1-4H3,(H,15,17)(H,18,19). The fraction of sp³-hybridized carbons (Fsp3) is 0.429. The zero-order chi connectivity index (χ0) is 16.0. The van der Waals surface area contributed by atoms with Crippen molar-refractivity contribution >= 4 is 17.6 Å². The number of hydrogen-bond acceptors (Lipinski definition) is 5. The Kier molecular flexibility index (Phi) is 5.98. The van der Waals surface area contributed by atoms with Crippen LogP contribution < -0.4 is 14.8 Å². The van der Waals surface area contributed by atoms with E-state index in [1.54, 1.807) is 25.2 Å². The summed E-state index contributed by atoms with van der Waals surface area (Å²) >= 11 is 0. The molecule has 0 heterocycles. The summed E-state index contributed by atoms with van der Waals surface area (Å²) in [5.41, 5.74) is 0.550. The van der Waals surface area contributed by atoms with E-state index >= 15 is 0 Å². The van der Waals surface area contributed by atoms with Crippen LogP contribution in [-0.2, 0) is 9.59 Å². The second kappa shape index (κ2) is 7.49. The quantitative estimate of drug-likeness (QED) is 0.782. The molecule has 0 fully saturated rings. The van der Waals surface area contributed by atoms with Crippen LogP contribution in [0.2, 0.25) is 0 Å². The van der Waals surface area contributed by atoms with E-state index in [-0.39, 0.29) is 12.5 Å². The fourth-order valence-electron chi connectivity index (χ4n) is 1.67. The highest BCUT2D eigenvalue weighted by Crippen LogP contribution is 2.29. The summed E-state index contributed by atoms with van der Waals surface area (Å²) in [6.07, 6.45) is 0. The lowest BCUT2D eigenvalue weighted by atomic mass is 10.2. The molecule has 7 nitrogen and oxygen atoms in total. The van der Waals surface area contributed by atoms with Crippen LogP contribution in [0.5, 0.6) is 11.5 Å². The van der Waals surface area contributed by atoms with Gasteiger partial charge < -0.3 is 19.9 Å². The van der Waals surface area contributed by atoms with E-state index in [4.69, 9.17) is 14.6 Å². The van der Waals surface area contributed by atoms with E-state index in [0.717, 1.165) is 0 Å². The van der Waals surface area contributed by atoms with Gasteiger partial charge in [0.15, 0.2) is 11.5 Å². The van der Waals surface area contributed by atoms with Crippen LogP contribution in [0.15, 0.2) is 18.2 Å². The highest BCUT2D eigenvalue weighted by atomic mass is 16.5. The number of benzene rings is 1. The number of nitrogens with one attached hydrogen (secondary N) is 1. The van der Waals surface area contributed by atoms with E-state index in [9.17, 15) is 9.59 Å². The maximum absolute atomic E-state index is 11.9. The third-order valence-corrected chi connectivity index (χ3v) is 3.08. The first-order valence-electron chi connectivity index (χ1n) is 6.34. The first-order valence-corrected chi connectivity index (χ1v) is 6.34. The summed E-state index contributed by atoms with van der Waals surface area (Å²) in [7, 11) is 4.61. The van der Waals surface area contributed by atoms with Gasteiger partial charge in [0.2, 0.25) is 5.91 Å². The average Bonchev–Trinajstić information content (AvgIpc) is 2.45. The van der Waals surface area contributed by atoms with Crippen LogP contribution in [0.3, 0.4) is 0 Å². The van der Waals surface area contributed by atoms with E-state index in [2.05, 4.69) is 5.32 Å². The van der Waals surface area contributed by atoms with Crippen molar-refractivity contribution in [1.29, 1.82) is 0 Å². The molecule has 0 aromatic heterocycles. The lowest BCUT2D eigenvalue weighted by Crippen LogP contribution is -2.40. The van der Waals surface area contributed by atoms with Gasteiger partial charge in [-0.2, -0.15) is 0 Å². The lowest BCUT2D eigenvalue weighted by molar-refractivity contribution is -0.142. The van der Waals surface area contributed by atoms with Crippen LogP contribution >= 0.6 is 0 Å². The smallest absolute Gasteiger partial charge is 0.320 e. The Labute approximate surface area is 123 Å². The molecule has 0 aliphatic rings. The monoisotopic (exact) mass is 296 g/mol. The van der Waals surface area contributed by atoms with Crippen molar-refractivity contribution in [1.82, 2.24) is 4.90 Å². The van der Waals surface area contributed by atoms with Gasteiger partial charge in [-0.3, -0.25) is 14.5 Å². The first-order chi connectivity index (χ1) is 9.88. The molecule has 0 spiro atoms. The fourth-order valence-corrected chi connectivity index (χ4v) is 1.67. The number of carbonyl (C=O) groups excluding carboxylic acids is 1. The van der Waals surface area contributed by atoms with Gasteiger partial charge in [-0.05, 0) is 26.1 Å². The number of nitrogens with zero attached hydrogens (tertiary/aromatic N) is 1. The Bertz CT molecular complexity index is 518. The molecule has 1 amide bonds. The van der Waals surface area contributed by atoms with E-state index in [0.29, 0.717) is 17.2 Å². The van der Waals surface area contributed by atoms with E-state index in [1.807, 2.05) is 0 Å². The molecule has 0 saturated heterocycles. The number of carboxylic acid groups (broad SMARTS) is 1. The Hall–Kier alpha value is -2.28. The molecule has 1 aromatic rings. The van der Waals surface area contributed by atoms with Gasteiger partial charge in [0.1, 0.15) is 6.04 Å². The zero-order valence-electron chi connectivity index (χ0n) is 12.5. The molecule has 1 aromatic carbocycles. The Morgan fingerprint density at radius 3 is 2.43 bits per heavy atom. The number of anilines is 1. The van der Waals surface area contributed by atoms with Crippen molar-refractivity contribution in [2.24, 2.45) is 0 Å². The predicted molar refractivity (Wildman–Crippen MR) is 77.9 cm³/mol. The Balaban J connectivity index is 2.69. The molecule has 21 heavy (non-hydrogen) atoms. The largest absolute Gasteiger partial charge is 0.493 e. The first kappa shape index (κ1) is 16.8. The topological polar surface area (TPSA) is 88.1 Å². The zero-order valence-corrected chi connectivity index (χ0v) is 12.5. The van der Waals surface area contributed by atoms with Crippen LogP contribution in [-0.4, -0.2) is 55.7 Å². The molecule has 1 atom stereocenters. The molecule has 2 N–H and O–H groups in total. The summed E-state index contributed by atoms with van der Waals surface area (Å²) in [4.78, 5) is 24.2. The lowest BCUT2D eigenvalue weighted by Gasteiger charge is -2.20. The maximum Gasteiger partial charge on any atom is 0.320 e. The summed E-state index contributed by atoms with van der Waals surface area (Å²) < 4.78 is 10.3. The minimum Gasteiger partial charge on any atom is -0.493 e. The molecule has 0 aliphatic heterocycles. The van der Waals surface area contributed by atoms with Crippen LogP contribution in [0.25, 0.3) is 0 Å². The van der Waals surface area contributed by atoms with Crippen molar-refractivity contribution in [3.05, 3.63) is 18.2 Å². The third-order valence-electron chi connectivity index (χ3n) is 3.08. The van der Waals surface area contributed by atoms with E-state index in [1.165, 1.54) is 26.0 Å². The molecule has 1 unspecified atom stereocenters. The minimum atomic E-state index is -0.976. The van der Waals surface area contributed by atoms with Crippen LogP contribution in [0.1, 0.15) is 6.92 Å². The summed E-state index contributed by atoms with van der Waals surface area (Å²) in [5.74, 6) is -0.219. The summed E-state index contributed by atoms with van der Waals surface area (Å²) in [6.45, 7) is 1.49. The number of aliphatic carboxylic acids is 1. The SMILES string of the molecule is COc1ccc(NC(=O)CN(C)C(C)C(=O)O)cc1OC. The molecule has 0 aliphatic carbocycles. The number of amides is 1. The number of methoxy groups -OCH3 is 2. The van der Waals surface area contributed by atoms with Gasteiger partial charge in [-0.15, -0.1) is 0 Å². The highest BCUT2D eigenvalue weighted by Gasteiger charge is 2.19. The molecule has 1 rings (SSSR count). The van der Waals surface area contributed by atoms with Crippen molar-refractivity contribution in [2.75, 3.05) is 33.1 Å². The predicted octanol–water partition coefficient (Wildman–Crippen LogP) is 1.05. The molecule has 116 valence electrons. The number of carbonyl (C=O) groups is 2. The van der Waals surface area contributed by atoms with Gasteiger partial charge >= 0.3 is 5.97 Å². The van der Waals surface area contributed by atoms with Crippen molar-refractivity contribution < 1.29 is 24.2 Å². The molecule has 0 radical (unpaired) electrons. The number of hydrogen-bond donors (Lipinski definition) is 2. The van der Waals surface area contributed by atoms with Crippen LogP contribution in [0.4, 0.5) is 5.69 Å². The molecule has 7 heteroatoms. The average molecular weight is 296 g/mol. The Morgan fingerprint density at radius 1 is 1.29 bits per heavy atom. The van der Waals surface area contributed by atoms with Crippen molar-refractivity contribution in [3.8, 4) is 11.5 Å². The summed E-state index contributed by atoms with van der Waals surface area (Å²) in [5, 5.41) is 11.6. The number of likely N-dealkylation sites (N-methyl/N-ethyl adjacent to an activating group) is 1. The van der Waals surface area contributed by atoms with Crippen molar-refractivity contribution in [2.45, 2.75) is 13.0 Å². The normalized spacial score (nSPS) is 11.9. The van der Waals surface area contributed by atoms with Crippen LogP contribution in [0, 0.1) is 0 Å². The van der Waals surface area contributed by atoms with Gasteiger partial charge in [0.05, 0.1) is 20.8 Å². The Morgan fingerprint density at radius 2 is 1.90 bits per heavy atom. The number of carboxylic acids is 1. The summed E-state index contributed by atoms with van der Waals surface area (Å²) in [6, 6.07) is 4.26. The maximum atomic E-state index is 11.9.